The first-order valence-corrected chi connectivity index (χ1v) is 7.91. The highest BCUT2D eigenvalue weighted by atomic mass is 32.2. The zero-order valence-electron chi connectivity index (χ0n) is 11.4. The van der Waals surface area contributed by atoms with E-state index in [0.29, 0.717) is 12.8 Å². The van der Waals surface area contributed by atoms with Crippen molar-refractivity contribution in [1.82, 2.24) is 4.72 Å². The van der Waals surface area contributed by atoms with Crippen LogP contribution >= 0.6 is 0 Å². The summed E-state index contributed by atoms with van der Waals surface area (Å²) in [5.41, 5.74) is -0.209. The molecule has 1 aliphatic carbocycles. The number of carboxylic acids is 1. The first-order chi connectivity index (χ1) is 9.83. The highest BCUT2D eigenvalue weighted by molar-refractivity contribution is 7.89. The molecule has 2 rings (SSSR count). The lowest BCUT2D eigenvalue weighted by molar-refractivity contribution is 0.0453. The van der Waals surface area contributed by atoms with E-state index in [-0.39, 0.29) is 34.8 Å². The van der Waals surface area contributed by atoms with Crippen LogP contribution in [0.3, 0.4) is 0 Å². The zero-order chi connectivity index (χ0) is 15.6. The average molecular weight is 315 g/mol. The SMILES string of the molecule is COc1ccc(S(=O)(=O)NCC2CC(O)C2)cc1C(=O)O. The van der Waals surface area contributed by atoms with Gasteiger partial charge in [0.05, 0.1) is 18.1 Å². The van der Waals surface area contributed by atoms with E-state index in [2.05, 4.69) is 4.72 Å². The summed E-state index contributed by atoms with van der Waals surface area (Å²) >= 11 is 0. The summed E-state index contributed by atoms with van der Waals surface area (Å²) in [5.74, 6) is -1.04. The summed E-state index contributed by atoms with van der Waals surface area (Å²) < 4.78 is 31.6. The Labute approximate surface area is 122 Å². The van der Waals surface area contributed by atoms with Crippen LogP contribution in [0.5, 0.6) is 5.75 Å². The Hall–Kier alpha value is -1.64. The van der Waals surface area contributed by atoms with Gasteiger partial charge in [-0.1, -0.05) is 0 Å². The van der Waals surface area contributed by atoms with Crippen LogP contribution in [0.4, 0.5) is 0 Å². The summed E-state index contributed by atoms with van der Waals surface area (Å²) in [6, 6.07) is 3.67. The third-order valence-corrected chi connectivity index (χ3v) is 4.91. The van der Waals surface area contributed by atoms with Gasteiger partial charge < -0.3 is 14.9 Å². The molecule has 0 saturated heterocycles. The van der Waals surface area contributed by atoms with Crippen LogP contribution in [0.1, 0.15) is 23.2 Å². The Morgan fingerprint density at radius 2 is 2.10 bits per heavy atom. The van der Waals surface area contributed by atoms with Crippen molar-refractivity contribution in [3.8, 4) is 5.75 Å². The van der Waals surface area contributed by atoms with E-state index < -0.39 is 16.0 Å². The zero-order valence-corrected chi connectivity index (χ0v) is 12.3. The van der Waals surface area contributed by atoms with E-state index in [1.54, 1.807) is 0 Å². The lowest BCUT2D eigenvalue weighted by Gasteiger charge is -2.31. The second-order valence-corrected chi connectivity index (χ2v) is 6.78. The molecule has 21 heavy (non-hydrogen) atoms. The van der Waals surface area contributed by atoms with Gasteiger partial charge in [0.25, 0.3) is 0 Å². The number of nitrogens with one attached hydrogen (secondary N) is 1. The Balaban J connectivity index is 2.15. The number of methoxy groups -OCH3 is 1. The molecule has 0 amide bonds. The molecule has 0 aliphatic heterocycles. The largest absolute Gasteiger partial charge is 0.496 e. The molecule has 0 bridgehead atoms. The molecule has 3 N–H and O–H groups in total. The first-order valence-electron chi connectivity index (χ1n) is 6.42. The van der Waals surface area contributed by atoms with E-state index in [9.17, 15) is 13.2 Å². The number of aliphatic hydroxyl groups is 1. The van der Waals surface area contributed by atoms with Gasteiger partial charge in [0.15, 0.2) is 0 Å². The number of hydrogen-bond acceptors (Lipinski definition) is 5. The van der Waals surface area contributed by atoms with Crippen molar-refractivity contribution < 1.29 is 28.2 Å². The van der Waals surface area contributed by atoms with Crippen molar-refractivity contribution in [2.75, 3.05) is 13.7 Å². The number of benzene rings is 1. The predicted octanol–water partition coefficient (Wildman–Crippen LogP) is 0.443. The van der Waals surface area contributed by atoms with Gasteiger partial charge in [-0.05, 0) is 37.0 Å². The summed E-state index contributed by atoms with van der Waals surface area (Å²) in [4.78, 5) is 11.0. The Morgan fingerprint density at radius 3 is 2.62 bits per heavy atom. The summed E-state index contributed by atoms with van der Waals surface area (Å²) in [7, 11) is -2.46. The van der Waals surface area contributed by atoms with Gasteiger partial charge in [0.1, 0.15) is 11.3 Å². The maximum atomic E-state index is 12.1. The monoisotopic (exact) mass is 315 g/mol. The number of hydrogen-bond donors (Lipinski definition) is 3. The fourth-order valence-electron chi connectivity index (χ4n) is 2.20. The molecule has 7 nitrogen and oxygen atoms in total. The van der Waals surface area contributed by atoms with E-state index in [0.717, 1.165) is 6.07 Å². The molecular formula is C13H17NO6S. The Morgan fingerprint density at radius 1 is 1.43 bits per heavy atom. The minimum absolute atomic E-state index is 0.101. The molecule has 1 aliphatic rings. The number of carboxylic acid groups (broad SMARTS) is 1. The predicted molar refractivity (Wildman–Crippen MR) is 73.9 cm³/mol. The molecule has 1 saturated carbocycles. The maximum absolute atomic E-state index is 12.1. The van der Waals surface area contributed by atoms with E-state index in [1.807, 2.05) is 0 Å². The highest BCUT2D eigenvalue weighted by Crippen LogP contribution is 2.27. The van der Waals surface area contributed by atoms with Crippen molar-refractivity contribution in [2.45, 2.75) is 23.8 Å². The van der Waals surface area contributed by atoms with Gasteiger partial charge in [0, 0.05) is 6.54 Å². The van der Waals surface area contributed by atoms with Crippen LogP contribution < -0.4 is 9.46 Å². The van der Waals surface area contributed by atoms with E-state index in [4.69, 9.17) is 14.9 Å². The molecule has 1 fully saturated rings. The number of ether oxygens (including phenoxy) is 1. The first kappa shape index (κ1) is 15.7. The lowest BCUT2D eigenvalue weighted by atomic mass is 9.83. The molecule has 8 heteroatoms. The van der Waals surface area contributed by atoms with Crippen LogP contribution in [0, 0.1) is 5.92 Å². The number of sulfonamides is 1. The van der Waals surface area contributed by atoms with Crippen molar-refractivity contribution >= 4 is 16.0 Å². The summed E-state index contributed by atoms with van der Waals surface area (Å²) in [6.45, 7) is 0.230. The molecular weight excluding hydrogens is 298 g/mol. The van der Waals surface area contributed by atoms with Crippen molar-refractivity contribution in [3.63, 3.8) is 0 Å². The lowest BCUT2D eigenvalue weighted by Crippen LogP contribution is -2.38. The van der Waals surface area contributed by atoms with Crippen molar-refractivity contribution in [3.05, 3.63) is 23.8 Å². The second-order valence-electron chi connectivity index (χ2n) is 5.01. The van der Waals surface area contributed by atoms with Gasteiger partial charge in [-0.2, -0.15) is 0 Å². The molecule has 1 aromatic rings. The standard InChI is InChI=1S/C13H17NO6S/c1-20-12-3-2-10(6-11(12)13(16)17)21(18,19)14-7-8-4-9(15)5-8/h2-3,6,8-9,14-15H,4-5,7H2,1H3,(H,16,17). The normalized spacial score (nSPS) is 21.6. The maximum Gasteiger partial charge on any atom is 0.339 e. The van der Waals surface area contributed by atoms with Crippen LogP contribution in [0.25, 0.3) is 0 Å². The Bertz CT molecular complexity index is 636. The number of aromatic carboxylic acids is 1. The smallest absolute Gasteiger partial charge is 0.339 e. The fraction of sp³-hybridized carbons (Fsp3) is 0.462. The molecule has 1 aromatic carbocycles. The third-order valence-electron chi connectivity index (χ3n) is 3.48. The van der Waals surface area contributed by atoms with Gasteiger partial charge in [-0.3, -0.25) is 0 Å². The molecule has 116 valence electrons. The van der Waals surface area contributed by atoms with Gasteiger partial charge in [-0.15, -0.1) is 0 Å². The van der Waals surface area contributed by atoms with Gasteiger partial charge in [0.2, 0.25) is 10.0 Å². The van der Waals surface area contributed by atoms with Crippen LogP contribution in [-0.4, -0.2) is 44.4 Å². The fourth-order valence-corrected chi connectivity index (χ4v) is 3.34. The molecule has 0 heterocycles. The van der Waals surface area contributed by atoms with Crippen LogP contribution in [0.15, 0.2) is 23.1 Å². The van der Waals surface area contributed by atoms with E-state index in [1.165, 1.54) is 19.2 Å². The highest BCUT2D eigenvalue weighted by Gasteiger charge is 2.28. The third kappa shape index (κ3) is 3.52. The van der Waals surface area contributed by atoms with Crippen molar-refractivity contribution in [1.29, 1.82) is 0 Å². The van der Waals surface area contributed by atoms with Gasteiger partial charge >= 0.3 is 5.97 Å². The number of aliphatic hydroxyl groups excluding tert-OH is 1. The van der Waals surface area contributed by atoms with Crippen LogP contribution in [0.2, 0.25) is 0 Å². The minimum atomic E-state index is -3.78. The summed E-state index contributed by atoms with van der Waals surface area (Å²) in [5, 5.41) is 18.2. The average Bonchev–Trinajstić information content (AvgIpc) is 2.41. The van der Waals surface area contributed by atoms with Crippen molar-refractivity contribution in [2.24, 2.45) is 5.92 Å². The molecule has 0 unspecified atom stereocenters. The molecule has 0 radical (unpaired) electrons. The molecule has 0 spiro atoms. The number of rotatable bonds is 6. The second kappa shape index (κ2) is 6.00. The quantitative estimate of drug-likeness (QED) is 0.702. The van der Waals surface area contributed by atoms with Crippen LogP contribution in [-0.2, 0) is 10.0 Å². The molecule has 0 aromatic heterocycles. The topological polar surface area (TPSA) is 113 Å². The summed E-state index contributed by atoms with van der Waals surface area (Å²) in [6.07, 6.45) is 0.802. The molecule has 0 atom stereocenters. The van der Waals surface area contributed by atoms with Gasteiger partial charge in [-0.25, -0.2) is 17.9 Å². The minimum Gasteiger partial charge on any atom is -0.496 e. The number of carbonyl (C=O) groups is 1. The Kier molecular flexibility index (Phi) is 4.50. The van der Waals surface area contributed by atoms with E-state index >= 15 is 0 Å².